The summed E-state index contributed by atoms with van der Waals surface area (Å²) in [6.07, 6.45) is 1.43. The summed E-state index contributed by atoms with van der Waals surface area (Å²) < 4.78 is 29.3. The van der Waals surface area contributed by atoms with Crippen LogP contribution in [-0.2, 0) is 23.8 Å². The third-order valence-corrected chi connectivity index (χ3v) is 3.71. The highest BCUT2D eigenvalue weighted by molar-refractivity contribution is 6.30. The number of carbonyl (C=O) groups is 3. The van der Waals surface area contributed by atoms with Gasteiger partial charge in [-0.05, 0) is 53.7 Å². The lowest BCUT2D eigenvalue weighted by Crippen LogP contribution is -2.46. The molecule has 0 bridgehead atoms. The Kier molecular flexibility index (Phi) is 9.49. The summed E-state index contributed by atoms with van der Waals surface area (Å²) >= 11 is 5.69. The number of benzene rings is 1. The Balaban J connectivity index is 2.71. The van der Waals surface area contributed by atoms with E-state index in [4.69, 9.17) is 25.8 Å². The third kappa shape index (κ3) is 10.8. The number of ether oxygens (including phenoxy) is 3. The minimum Gasteiger partial charge on any atom is -0.462 e. The average Bonchev–Trinajstić information content (AvgIpc) is 2.59. The van der Waals surface area contributed by atoms with Crippen molar-refractivity contribution in [2.45, 2.75) is 65.2 Å². The van der Waals surface area contributed by atoms with Gasteiger partial charge in [0.1, 0.15) is 23.1 Å². The molecule has 31 heavy (non-hydrogen) atoms. The molecule has 1 aromatic carbocycles. The van der Waals surface area contributed by atoms with E-state index in [9.17, 15) is 18.8 Å². The molecule has 7 nitrogen and oxygen atoms in total. The number of hydrogen-bond acceptors (Lipinski definition) is 6. The molecule has 0 radical (unpaired) electrons. The molecule has 0 fully saturated rings. The molecule has 0 aliphatic heterocycles. The zero-order valence-electron chi connectivity index (χ0n) is 18.6. The summed E-state index contributed by atoms with van der Waals surface area (Å²) in [6.45, 7) is 9.93. The van der Waals surface area contributed by atoms with Crippen molar-refractivity contribution in [2.24, 2.45) is 0 Å². The van der Waals surface area contributed by atoms with Crippen LogP contribution < -0.4 is 5.32 Å². The van der Waals surface area contributed by atoms with Crippen LogP contribution in [0.1, 0.15) is 53.5 Å². The Labute approximate surface area is 186 Å². The highest BCUT2D eigenvalue weighted by atomic mass is 35.5. The fourth-order valence-electron chi connectivity index (χ4n) is 2.20. The van der Waals surface area contributed by atoms with Crippen molar-refractivity contribution in [1.82, 2.24) is 5.32 Å². The predicted molar refractivity (Wildman–Crippen MR) is 115 cm³/mol. The molecule has 0 unspecified atom stereocenters. The van der Waals surface area contributed by atoms with Gasteiger partial charge >= 0.3 is 18.0 Å². The van der Waals surface area contributed by atoms with Crippen LogP contribution in [0.2, 0.25) is 5.02 Å². The highest BCUT2D eigenvalue weighted by Gasteiger charge is 2.28. The Morgan fingerprint density at radius 1 is 1.10 bits per heavy atom. The van der Waals surface area contributed by atoms with Gasteiger partial charge in [0, 0.05) is 18.1 Å². The zero-order valence-corrected chi connectivity index (χ0v) is 19.3. The van der Waals surface area contributed by atoms with E-state index in [1.54, 1.807) is 47.6 Å². The van der Waals surface area contributed by atoms with E-state index in [0.717, 1.165) is 6.08 Å². The van der Waals surface area contributed by atoms with Crippen LogP contribution in [0.25, 0.3) is 6.08 Å². The van der Waals surface area contributed by atoms with Gasteiger partial charge in [0.15, 0.2) is 0 Å². The summed E-state index contributed by atoms with van der Waals surface area (Å²) in [7, 11) is 0. The monoisotopic (exact) mass is 457 g/mol. The van der Waals surface area contributed by atoms with Crippen molar-refractivity contribution in [3.8, 4) is 0 Å². The predicted octanol–water partition coefficient (Wildman–Crippen LogP) is 4.66. The second-order valence-electron chi connectivity index (χ2n) is 8.66. The van der Waals surface area contributed by atoms with Gasteiger partial charge in [0.25, 0.3) is 0 Å². The first-order chi connectivity index (χ1) is 14.2. The number of alkyl carbamates (subject to hydrolysis) is 1. The summed E-state index contributed by atoms with van der Waals surface area (Å²) in [6, 6.07) is 3.30. The number of rotatable bonds is 7. The molecule has 1 rings (SSSR count). The molecular weight excluding hydrogens is 429 g/mol. The molecule has 0 saturated carbocycles. The number of nitrogens with one attached hydrogen (secondary N) is 1. The molecule has 1 amide bonds. The average molecular weight is 458 g/mol. The van der Waals surface area contributed by atoms with Gasteiger partial charge in [0.2, 0.25) is 0 Å². The summed E-state index contributed by atoms with van der Waals surface area (Å²) in [4.78, 5) is 36.4. The van der Waals surface area contributed by atoms with E-state index in [2.05, 4.69) is 5.32 Å². The van der Waals surface area contributed by atoms with Crippen molar-refractivity contribution < 1.29 is 33.0 Å². The first-order valence-electron chi connectivity index (χ1n) is 9.69. The van der Waals surface area contributed by atoms with Crippen molar-refractivity contribution >= 4 is 35.7 Å². The molecule has 0 aliphatic carbocycles. The minimum absolute atomic E-state index is 0.0424. The number of esters is 2. The molecule has 0 aliphatic rings. The molecule has 0 aromatic heterocycles. The van der Waals surface area contributed by atoms with E-state index in [1.807, 2.05) is 0 Å². The molecule has 9 heteroatoms. The van der Waals surface area contributed by atoms with E-state index in [0.29, 0.717) is 0 Å². The van der Waals surface area contributed by atoms with Crippen molar-refractivity contribution in [3.05, 3.63) is 40.7 Å². The molecule has 1 aromatic rings. The Hall–Kier alpha value is -2.61. The van der Waals surface area contributed by atoms with E-state index < -0.39 is 41.1 Å². The van der Waals surface area contributed by atoms with Crippen LogP contribution in [0.4, 0.5) is 9.18 Å². The Morgan fingerprint density at radius 2 is 1.71 bits per heavy atom. The molecule has 0 spiro atoms. The van der Waals surface area contributed by atoms with E-state index >= 15 is 0 Å². The highest BCUT2D eigenvalue weighted by Crippen LogP contribution is 2.19. The first-order valence-corrected chi connectivity index (χ1v) is 10.1. The molecule has 1 atom stereocenters. The maximum Gasteiger partial charge on any atom is 0.408 e. The van der Waals surface area contributed by atoms with Crippen molar-refractivity contribution in [2.75, 3.05) is 6.61 Å². The van der Waals surface area contributed by atoms with Crippen LogP contribution in [0.3, 0.4) is 0 Å². The lowest BCUT2D eigenvalue weighted by Gasteiger charge is -2.26. The van der Waals surface area contributed by atoms with Gasteiger partial charge in [-0.2, -0.15) is 0 Å². The number of amides is 1. The van der Waals surface area contributed by atoms with Gasteiger partial charge in [0.05, 0.1) is 11.6 Å². The minimum atomic E-state index is -1.09. The molecular formula is C22H29ClFNO6. The summed E-state index contributed by atoms with van der Waals surface area (Å²) in [5, 5.41) is 2.37. The largest absolute Gasteiger partial charge is 0.462 e. The normalized spacial score (nSPS) is 12.9. The van der Waals surface area contributed by atoms with Crippen LogP contribution in [0, 0.1) is 5.82 Å². The number of hydrogen-bond donors (Lipinski definition) is 1. The fraction of sp³-hybridized carbons (Fsp3) is 0.500. The molecule has 1 N–H and O–H groups in total. The Bertz CT molecular complexity index is 826. The van der Waals surface area contributed by atoms with Crippen LogP contribution in [-0.4, -0.2) is 41.9 Å². The second-order valence-corrected chi connectivity index (χ2v) is 9.07. The molecule has 172 valence electrons. The standard InChI is InChI=1S/C22H29ClFNO6/c1-21(2,3)30-19(27)16(25-20(28)31-22(4,5)6)12-13-29-17(26)11-10-14-8-7-9-15(23)18(14)24/h7-11,16H,12-13H2,1-6H3,(H,25,28)/b11-10+/t16-/m0/s1. The van der Waals surface area contributed by atoms with E-state index in [-0.39, 0.29) is 23.6 Å². The van der Waals surface area contributed by atoms with Gasteiger partial charge < -0.3 is 19.5 Å². The van der Waals surface area contributed by atoms with Crippen molar-refractivity contribution in [1.29, 1.82) is 0 Å². The van der Waals surface area contributed by atoms with Crippen LogP contribution in [0.5, 0.6) is 0 Å². The molecule has 0 saturated heterocycles. The maximum atomic E-state index is 13.8. The second kappa shape index (κ2) is 11.1. The number of halogens is 2. The van der Waals surface area contributed by atoms with Gasteiger partial charge in [-0.3, -0.25) is 0 Å². The lowest BCUT2D eigenvalue weighted by atomic mass is 10.1. The maximum absolute atomic E-state index is 13.8. The number of carbonyl (C=O) groups excluding carboxylic acids is 3. The third-order valence-electron chi connectivity index (χ3n) is 3.41. The smallest absolute Gasteiger partial charge is 0.408 e. The van der Waals surface area contributed by atoms with Gasteiger partial charge in [-0.15, -0.1) is 0 Å². The lowest BCUT2D eigenvalue weighted by molar-refractivity contribution is -0.158. The van der Waals surface area contributed by atoms with Crippen molar-refractivity contribution in [3.63, 3.8) is 0 Å². The first kappa shape index (κ1) is 26.4. The summed E-state index contributed by atoms with van der Waals surface area (Å²) in [5.74, 6) is -2.09. The van der Waals surface area contributed by atoms with E-state index in [1.165, 1.54) is 18.2 Å². The quantitative estimate of drug-likeness (QED) is 0.364. The molecule has 0 heterocycles. The van der Waals surface area contributed by atoms with Crippen LogP contribution in [0.15, 0.2) is 24.3 Å². The van der Waals surface area contributed by atoms with Gasteiger partial charge in [-0.25, -0.2) is 18.8 Å². The van der Waals surface area contributed by atoms with Crippen LogP contribution >= 0.6 is 11.6 Å². The Morgan fingerprint density at radius 3 is 2.29 bits per heavy atom. The SMILES string of the molecule is CC(C)(C)OC(=O)N[C@@H](CCOC(=O)/C=C/c1cccc(Cl)c1F)C(=O)OC(C)(C)C. The topological polar surface area (TPSA) is 90.9 Å². The fourth-order valence-corrected chi connectivity index (χ4v) is 2.39. The summed E-state index contributed by atoms with van der Waals surface area (Å²) in [5.41, 5.74) is -1.40. The van der Waals surface area contributed by atoms with Gasteiger partial charge in [-0.1, -0.05) is 23.7 Å². The zero-order chi connectivity index (χ0) is 23.8.